The van der Waals surface area contributed by atoms with Crippen LogP contribution in [0.2, 0.25) is 5.02 Å². The molecule has 0 radical (unpaired) electrons. The second-order valence-electron chi connectivity index (χ2n) is 8.86. The second-order valence-corrected chi connectivity index (χ2v) is 9.30. The van der Waals surface area contributed by atoms with Gasteiger partial charge in [0.25, 0.3) is 0 Å². The van der Waals surface area contributed by atoms with Crippen LogP contribution in [0.3, 0.4) is 0 Å². The zero-order valence-electron chi connectivity index (χ0n) is 19.5. The van der Waals surface area contributed by atoms with E-state index < -0.39 is 0 Å². The molecule has 3 heterocycles. The molecule has 180 valence electrons. The van der Waals surface area contributed by atoms with Crippen LogP contribution < -0.4 is 10.2 Å². The Morgan fingerprint density at radius 3 is 2.60 bits per heavy atom. The summed E-state index contributed by atoms with van der Waals surface area (Å²) in [5, 5.41) is 4.66. The third-order valence-corrected chi connectivity index (χ3v) is 6.71. The van der Waals surface area contributed by atoms with Gasteiger partial charge in [0.15, 0.2) is 0 Å². The van der Waals surface area contributed by atoms with E-state index in [1.807, 2.05) is 49.1 Å². The van der Waals surface area contributed by atoms with E-state index in [0.29, 0.717) is 24.7 Å². The van der Waals surface area contributed by atoms with E-state index in [0.717, 1.165) is 33.7 Å². The highest BCUT2D eigenvalue weighted by Gasteiger charge is 2.30. The first-order chi connectivity index (χ1) is 16.9. The number of nitrogens with one attached hydrogen (secondary N) is 2. The van der Waals surface area contributed by atoms with E-state index in [9.17, 15) is 9.18 Å². The second kappa shape index (κ2) is 9.54. The minimum absolute atomic E-state index is 0.0123. The first kappa shape index (κ1) is 23.1. The van der Waals surface area contributed by atoms with Crippen molar-refractivity contribution in [2.45, 2.75) is 25.9 Å². The predicted molar refractivity (Wildman–Crippen MR) is 136 cm³/mol. The highest BCUT2D eigenvalue weighted by Crippen LogP contribution is 2.30. The number of hydrogen-bond donors (Lipinski definition) is 2. The lowest BCUT2D eigenvalue weighted by molar-refractivity contribution is 0.168. The van der Waals surface area contributed by atoms with Crippen LogP contribution >= 0.6 is 11.6 Å². The third kappa shape index (κ3) is 4.79. The molecule has 1 aliphatic heterocycles. The molecule has 0 unspecified atom stereocenters. The number of amides is 2. The molecule has 7 nitrogen and oxygen atoms in total. The maximum atomic E-state index is 13.3. The summed E-state index contributed by atoms with van der Waals surface area (Å²) in [6.07, 6.45) is 1.54. The van der Waals surface area contributed by atoms with Gasteiger partial charge in [0.2, 0.25) is 0 Å². The maximum Gasteiger partial charge on any atom is 0.318 e. The Hall–Kier alpha value is -3.65. The molecular formula is C26H26ClFN6O. The van der Waals surface area contributed by atoms with Crippen molar-refractivity contribution < 1.29 is 9.18 Å². The molecule has 0 aliphatic carbocycles. The number of aromatic nitrogens is 3. The normalized spacial score (nSPS) is 17.0. The van der Waals surface area contributed by atoms with Crippen molar-refractivity contribution in [3.63, 3.8) is 0 Å². The highest BCUT2D eigenvalue weighted by molar-refractivity contribution is 6.30. The average molecular weight is 493 g/mol. The summed E-state index contributed by atoms with van der Waals surface area (Å²) in [6.45, 7) is 5.87. The van der Waals surface area contributed by atoms with Gasteiger partial charge in [-0.25, -0.2) is 19.2 Å². The van der Waals surface area contributed by atoms with Crippen LogP contribution in [-0.4, -0.2) is 51.6 Å². The predicted octanol–water partition coefficient (Wildman–Crippen LogP) is 5.40. The van der Waals surface area contributed by atoms with Crippen LogP contribution in [-0.2, 0) is 0 Å². The van der Waals surface area contributed by atoms with Crippen LogP contribution in [0.15, 0.2) is 60.9 Å². The Morgan fingerprint density at radius 2 is 1.89 bits per heavy atom. The molecule has 0 spiro atoms. The van der Waals surface area contributed by atoms with Crippen molar-refractivity contribution in [1.29, 1.82) is 0 Å². The molecule has 0 saturated carbocycles. The summed E-state index contributed by atoms with van der Waals surface area (Å²) < 4.78 is 13.3. The highest BCUT2D eigenvalue weighted by atomic mass is 35.5. The molecule has 1 aliphatic rings. The molecule has 0 bridgehead atoms. The fraction of sp³-hybridized carbons (Fsp3) is 0.269. The number of aromatic amines is 1. The number of rotatable bonds is 4. The molecule has 2 N–H and O–H groups in total. The van der Waals surface area contributed by atoms with Gasteiger partial charge in [0.1, 0.15) is 23.6 Å². The number of carbonyl (C=O) groups excluding carboxylic acids is 1. The van der Waals surface area contributed by atoms with Crippen LogP contribution in [0.4, 0.5) is 15.0 Å². The van der Waals surface area contributed by atoms with Crippen LogP contribution in [0.25, 0.3) is 22.3 Å². The van der Waals surface area contributed by atoms with Crippen LogP contribution in [0.5, 0.6) is 0 Å². The van der Waals surface area contributed by atoms with Crippen molar-refractivity contribution in [1.82, 2.24) is 25.2 Å². The Labute approximate surface area is 207 Å². The molecule has 2 atom stereocenters. The minimum atomic E-state index is -0.274. The van der Waals surface area contributed by atoms with Gasteiger partial charge in [-0.05, 0) is 67.4 Å². The summed E-state index contributed by atoms with van der Waals surface area (Å²) in [4.78, 5) is 29.3. The molecule has 4 aromatic rings. The third-order valence-electron chi connectivity index (χ3n) is 6.46. The molecule has 2 aromatic heterocycles. The van der Waals surface area contributed by atoms with Crippen molar-refractivity contribution in [3.05, 3.63) is 77.3 Å². The Bertz CT molecular complexity index is 1340. The number of anilines is 1. The van der Waals surface area contributed by atoms with Gasteiger partial charge in [-0.1, -0.05) is 23.7 Å². The number of hydrogen-bond acceptors (Lipinski definition) is 4. The zero-order chi connectivity index (χ0) is 24.5. The number of nitrogens with zero attached hydrogens (tertiary/aromatic N) is 4. The number of halogens is 2. The van der Waals surface area contributed by atoms with Crippen molar-refractivity contribution in [2.75, 3.05) is 24.5 Å². The summed E-state index contributed by atoms with van der Waals surface area (Å²) >= 11 is 5.98. The van der Waals surface area contributed by atoms with E-state index >= 15 is 0 Å². The van der Waals surface area contributed by atoms with Crippen molar-refractivity contribution >= 4 is 34.5 Å². The number of carbonyl (C=O) groups is 1. The molecule has 35 heavy (non-hydrogen) atoms. The van der Waals surface area contributed by atoms with Gasteiger partial charge in [0, 0.05) is 36.4 Å². The average Bonchev–Trinajstić information content (AvgIpc) is 3.29. The molecule has 1 saturated heterocycles. The van der Waals surface area contributed by atoms with E-state index in [2.05, 4.69) is 25.2 Å². The van der Waals surface area contributed by atoms with E-state index in [1.54, 1.807) is 18.5 Å². The van der Waals surface area contributed by atoms with Crippen molar-refractivity contribution in [2.24, 2.45) is 0 Å². The maximum absolute atomic E-state index is 13.3. The monoisotopic (exact) mass is 492 g/mol. The summed E-state index contributed by atoms with van der Waals surface area (Å²) in [6, 6.07) is 15.6. The number of piperazine rings is 1. The number of H-pyrrole nitrogens is 1. The fourth-order valence-corrected chi connectivity index (χ4v) is 4.64. The van der Waals surface area contributed by atoms with Gasteiger partial charge in [-0.3, -0.25) is 0 Å². The van der Waals surface area contributed by atoms with Crippen molar-refractivity contribution in [3.8, 4) is 11.3 Å². The molecule has 9 heteroatoms. The van der Waals surface area contributed by atoms with E-state index in [4.69, 9.17) is 11.6 Å². The van der Waals surface area contributed by atoms with E-state index in [-0.39, 0.29) is 23.9 Å². The van der Waals surface area contributed by atoms with Gasteiger partial charge < -0.3 is 20.1 Å². The lowest BCUT2D eigenvalue weighted by Gasteiger charge is -2.40. The molecule has 2 aromatic carbocycles. The van der Waals surface area contributed by atoms with Gasteiger partial charge in [-0.2, -0.15) is 0 Å². The summed E-state index contributed by atoms with van der Waals surface area (Å²) in [5.74, 6) is 0.546. The van der Waals surface area contributed by atoms with Gasteiger partial charge >= 0.3 is 6.03 Å². The first-order valence-corrected chi connectivity index (χ1v) is 11.9. The van der Waals surface area contributed by atoms with Gasteiger partial charge in [0.05, 0.1) is 11.4 Å². The first-order valence-electron chi connectivity index (χ1n) is 11.6. The van der Waals surface area contributed by atoms with Crippen LogP contribution in [0, 0.1) is 5.82 Å². The molecule has 5 rings (SSSR count). The topological polar surface area (TPSA) is 77.2 Å². The Morgan fingerprint density at radius 1 is 1.14 bits per heavy atom. The summed E-state index contributed by atoms with van der Waals surface area (Å²) in [5.41, 5.74) is 3.45. The lowest BCUT2D eigenvalue weighted by Crippen LogP contribution is -2.57. The number of fused-ring (bicyclic) bond motifs is 1. The van der Waals surface area contributed by atoms with Crippen LogP contribution in [0.1, 0.15) is 25.5 Å². The standard InChI is InChI=1S/C26H26ClFN6O/c1-16-14-33(11-12-34(16)26(35)31-17(2)18-3-7-20(27)8-4-18)25-22-13-23(32-24(22)29-15-30-25)19-5-9-21(28)10-6-19/h3-10,13,15-17H,11-12,14H2,1-2H3,(H,31,35)(H,29,30,32)/t16-,17-/m1/s1. The lowest BCUT2D eigenvalue weighted by atomic mass is 10.1. The molecule has 1 fully saturated rings. The SMILES string of the molecule is C[C@@H]1CN(c2ncnc3[nH]c(-c4ccc(F)cc4)cc23)CCN1C(=O)N[C@H](C)c1ccc(Cl)cc1. The number of benzene rings is 2. The fourth-order valence-electron chi connectivity index (χ4n) is 4.52. The molecule has 2 amide bonds. The van der Waals surface area contributed by atoms with Gasteiger partial charge in [-0.15, -0.1) is 0 Å². The number of urea groups is 1. The Balaban J connectivity index is 1.30. The quantitative estimate of drug-likeness (QED) is 0.400. The largest absolute Gasteiger partial charge is 0.352 e. The minimum Gasteiger partial charge on any atom is -0.352 e. The smallest absolute Gasteiger partial charge is 0.318 e. The zero-order valence-corrected chi connectivity index (χ0v) is 20.3. The summed E-state index contributed by atoms with van der Waals surface area (Å²) in [7, 11) is 0. The molecular weight excluding hydrogens is 467 g/mol. The van der Waals surface area contributed by atoms with E-state index in [1.165, 1.54) is 12.1 Å². The Kier molecular flexibility index (Phi) is 6.30.